The van der Waals surface area contributed by atoms with Crippen LogP contribution in [-0.2, 0) is 6.18 Å². The molecule has 2 nitrogen and oxygen atoms in total. The third-order valence-electron chi connectivity index (χ3n) is 4.98. The van der Waals surface area contributed by atoms with Gasteiger partial charge in [0, 0.05) is 32.2 Å². The zero-order valence-corrected chi connectivity index (χ0v) is 13.9. The molecule has 1 N–H and O–H groups in total. The minimum Gasteiger partial charge on any atom is -0.314 e. The van der Waals surface area contributed by atoms with Crippen molar-refractivity contribution in [2.75, 3.05) is 26.2 Å². The summed E-state index contributed by atoms with van der Waals surface area (Å²) in [5.74, 6) is 0.349. The first-order valence-electron chi connectivity index (χ1n) is 8.18. The van der Waals surface area contributed by atoms with Crippen LogP contribution in [0.2, 0.25) is 0 Å². The average Bonchev–Trinajstić information content (AvgIpc) is 3.02. The Kier molecular flexibility index (Phi) is 6.34. The van der Waals surface area contributed by atoms with E-state index in [4.69, 9.17) is 0 Å². The Morgan fingerprint density at radius 2 is 1.65 bits per heavy atom. The number of benzene rings is 1. The van der Waals surface area contributed by atoms with Gasteiger partial charge in [-0.05, 0) is 30.4 Å². The van der Waals surface area contributed by atoms with Crippen molar-refractivity contribution in [2.45, 2.75) is 37.9 Å². The van der Waals surface area contributed by atoms with Crippen LogP contribution in [0.4, 0.5) is 13.2 Å². The number of rotatable bonds is 3. The Morgan fingerprint density at radius 1 is 1.04 bits per heavy atom. The molecule has 1 aromatic rings. The van der Waals surface area contributed by atoms with E-state index in [-0.39, 0.29) is 18.4 Å². The van der Waals surface area contributed by atoms with Crippen LogP contribution in [0.25, 0.3) is 0 Å². The van der Waals surface area contributed by atoms with Gasteiger partial charge >= 0.3 is 6.18 Å². The first-order chi connectivity index (χ1) is 10.6. The maximum atomic E-state index is 13.4. The van der Waals surface area contributed by atoms with Crippen LogP contribution in [0.5, 0.6) is 0 Å². The van der Waals surface area contributed by atoms with Gasteiger partial charge in [-0.15, -0.1) is 12.4 Å². The van der Waals surface area contributed by atoms with Crippen LogP contribution in [0.3, 0.4) is 0 Å². The van der Waals surface area contributed by atoms with Gasteiger partial charge in [-0.3, -0.25) is 4.90 Å². The molecule has 0 spiro atoms. The molecule has 0 amide bonds. The lowest BCUT2D eigenvalue weighted by Gasteiger charge is -2.39. The molecule has 23 heavy (non-hydrogen) atoms. The lowest BCUT2D eigenvalue weighted by molar-refractivity contribution is -0.139. The topological polar surface area (TPSA) is 15.3 Å². The van der Waals surface area contributed by atoms with Gasteiger partial charge in [0.1, 0.15) is 0 Å². The molecule has 1 aliphatic carbocycles. The van der Waals surface area contributed by atoms with Crippen LogP contribution in [-0.4, -0.2) is 31.1 Å². The van der Waals surface area contributed by atoms with E-state index in [1.54, 1.807) is 12.1 Å². The molecule has 6 heteroatoms. The molecule has 2 aliphatic rings. The highest BCUT2D eigenvalue weighted by Crippen LogP contribution is 2.44. The number of hydrogen-bond acceptors (Lipinski definition) is 2. The number of halogens is 4. The Balaban J connectivity index is 0.00000192. The fraction of sp³-hybridized carbons (Fsp3) is 0.647. The van der Waals surface area contributed by atoms with Crippen molar-refractivity contribution in [1.29, 1.82) is 0 Å². The van der Waals surface area contributed by atoms with Crippen LogP contribution in [0, 0.1) is 5.92 Å². The van der Waals surface area contributed by atoms with Gasteiger partial charge in [0.05, 0.1) is 5.56 Å². The molecule has 1 saturated heterocycles. The molecule has 0 aromatic heterocycles. The molecule has 0 unspecified atom stereocenters. The van der Waals surface area contributed by atoms with Crippen molar-refractivity contribution < 1.29 is 13.2 Å². The highest BCUT2D eigenvalue weighted by Gasteiger charge is 2.39. The number of piperazine rings is 1. The molecule has 1 saturated carbocycles. The summed E-state index contributed by atoms with van der Waals surface area (Å²) in [5, 5.41) is 3.29. The third kappa shape index (κ3) is 4.20. The Labute approximate surface area is 141 Å². The van der Waals surface area contributed by atoms with Gasteiger partial charge in [0.25, 0.3) is 0 Å². The van der Waals surface area contributed by atoms with Crippen molar-refractivity contribution in [1.82, 2.24) is 10.2 Å². The first kappa shape index (κ1) is 18.6. The van der Waals surface area contributed by atoms with E-state index in [9.17, 15) is 13.2 Å². The van der Waals surface area contributed by atoms with E-state index in [1.165, 1.54) is 12.1 Å². The highest BCUT2D eigenvalue weighted by molar-refractivity contribution is 5.85. The second-order valence-electron chi connectivity index (χ2n) is 6.36. The average molecular weight is 349 g/mol. The Morgan fingerprint density at radius 3 is 2.26 bits per heavy atom. The van der Waals surface area contributed by atoms with E-state index in [0.717, 1.165) is 51.9 Å². The molecule has 0 bridgehead atoms. The Bertz CT molecular complexity index is 495. The molecule has 1 atom stereocenters. The molecule has 130 valence electrons. The van der Waals surface area contributed by atoms with Crippen LogP contribution in [0.15, 0.2) is 24.3 Å². The molecular formula is C17H24ClF3N2. The van der Waals surface area contributed by atoms with E-state index in [2.05, 4.69) is 10.2 Å². The zero-order chi connectivity index (χ0) is 15.6. The second kappa shape index (κ2) is 7.86. The van der Waals surface area contributed by atoms with Crippen LogP contribution >= 0.6 is 12.4 Å². The van der Waals surface area contributed by atoms with E-state index >= 15 is 0 Å². The first-order valence-corrected chi connectivity index (χ1v) is 8.18. The van der Waals surface area contributed by atoms with Gasteiger partial charge in [-0.1, -0.05) is 31.0 Å². The third-order valence-corrected chi connectivity index (χ3v) is 4.98. The van der Waals surface area contributed by atoms with Gasteiger partial charge in [0.15, 0.2) is 0 Å². The normalized spacial score (nSPS) is 21.9. The van der Waals surface area contributed by atoms with E-state index in [0.29, 0.717) is 11.5 Å². The molecule has 3 rings (SSSR count). The predicted octanol–water partition coefficient (Wildman–Crippen LogP) is 4.26. The molecular weight excluding hydrogens is 325 g/mol. The monoisotopic (exact) mass is 348 g/mol. The summed E-state index contributed by atoms with van der Waals surface area (Å²) in [4.78, 5) is 2.26. The molecule has 1 aliphatic heterocycles. The smallest absolute Gasteiger partial charge is 0.314 e. The number of nitrogens with zero attached hydrogens (tertiary/aromatic N) is 1. The summed E-state index contributed by atoms with van der Waals surface area (Å²) in [5.41, 5.74) is 0.0224. The fourth-order valence-corrected chi connectivity index (χ4v) is 4.00. The summed E-state index contributed by atoms with van der Waals surface area (Å²) in [6, 6.07) is 6.07. The highest BCUT2D eigenvalue weighted by atomic mass is 35.5. The van der Waals surface area contributed by atoms with Crippen LogP contribution < -0.4 is 5.32 Å². The van der Waals surface area contributed by atoms with E-state index in [1.807, 2.05) is 0 Å². The minimum absolute atomic E-state index is 0. The maximum Gasteiger partial charge on any atom is 0.416 e. The van der Waals surface area contributed by atoms with Gasteiger partial charge < -0.3 is 5.32 Å². The zero-order valence-electron chi connectivity index (χ0n) is 13.1. The number of nitrogens with one attached hydrogen (secondary N) is 1. The number of alkyl halides is 3. The summed E-state index contributed by atoms with van der Waals surface area (Å²) in [6.07, 6.45) is 0.0892. The van der Waals surface area contributed by atoms with Crippen LogP contribution in [0.1, 0.15) is 42.9 Å². The van der Waals surface area contributed by atoms with Crippen molar-refractivity contribution in [3.63, 3.8) is 0 Å². The SMILES string of the molecule is Cl.FC(F)(F)c1ccccc1[C@@H](C1CCCC1)N1CCNCC1. The lowest BCUT2D eigenvalue weighted by atomic mass is 9.87. The Hall–Kier alpha value is -0.780. The number of hydrogen-bond donors (Lipinski definition) is 1. The van der Waals surface area contributed by atoms with Gasteiger partial charge in [-0.2, -0.15) is 13.2 Å². The summed E-state index contributed by atoms with van der Waals surface area (Å²) in [6.45, 7) is 3.37. The van der Waals surface area contributed by atoms with Crippen molar-refractivity contribution in [2.24, 2.45) is 5.92 Å². The van der Waals surface area contributed by atoms with Crippen molar-refractivity contribution in [3.8, 4) is 0 Å². The molecule has 0 radical (unpaired) electrons. The summed E-state index contributed by atoms with van der Waals surface area (Å²) in [7, 11) is 0. The molecule has 1 aromatic carbocycles. The summed E-state index contributed by atoms with van der Waals surface area (Å²) >= 11 is 0. The van der Waals surface area contributed by atoms with E-state index < -0.39 is 11.7 Å². The summed E-state index contributed by atoms with van der Waals surface area (Å²) < 4.78 is 40.3. The quantitative estimate of drug-likeness (QED) is 0.877. The largest absolute Gasteiger partial charge is 0.416 e. The van der Waals surface area contributed by atoms with Gasteiger partial charge in [0.2, 0.25) is 0 Å². The lowest BCUT2D eigenvalue weighted by Crippen LogP contribution is -2.47. The fourth-order valence-electron chi connectivity index (χ4n) is 4.00. The standard InChI is InChI=1S/C17H23F3N2.ClH/c18-17(19,20)15-8-4-3-7-14(15)16(13-5-1-2-6-13)22-11-9-21-10-12-22;/h3-4,7-8,13,16,21H,1-2,5-6,9-12H2;1H/t16-;/m1./s1. The maximum absolute atomic E-state index is 13.4. The van der Waals surface area contributed by atoms with Gasteiger partial charge in [-0.25, -0.2) is 0 Å². The second-order valence-corrected chi connectivity index (χ2v) is 6.36. The minimum atomic E-state index is -4.28. The van der Waals surface area contributed by atoms with Crippen molar-refractivity contribution in [3.05, 3.63) is 35.4 Å². The molecule has 2 fully saturated rings. The predicted molar refractivity (Wildman–Crippen MR) is 87.8 cm³/mol. The molecule has 1 heterocycles. The van der Waals surface area contributed by atoms with Crippen molar-refractivity contribution >= 4 is 12.4 Å².